The second-order valence-corrected chi connectivity index (χ2v) is 9.85. The number of ether oxygens (including phenoxy) is 1. The maximum atomic E-state index is 13.1. The monoisotopic (exact) mass is 479 g/mol. The van der Waals surface area contributed by atoms with Crippen molar-refractivity contribution in [1.82, 2.24) is 9.80 Å². The third-order valence-electron chi connectivity index (χ3n) is 6.59. The number of piperazine rings is 1. The van der Waals surface area contributed by atoms with E-state index in [4.69, 9.17) is 4.74 Å². The highest BCUT2D eigenvalue weighted by atomic mass is 32.1. The molecule has 0 spiro atoms. The molecule has 7 heteroatoms. The zero-order chi connectivity index (χ0) is 24.1. The Morgan fingerprint density at radius 1 is 1.06 bits per heavy atom. The number of β-amino-alcohol motifs (C(OH)–C–C–N with tert-alkyl or cyclic N) is 1. The van der Waals surface area contributed by atoms with Crippen molar-refractivity contribution in [2.45, 2.75) is 19.9 Å². The SMILES string of the molecule is COc1ccc(C(c2c(NC(=O)c3ccccc3)sc(C)c2C)N2CCN(CCO)CC2)cc1. The van der Waals surface area contributed by atoms with Gasteiger partial charge in [-0.2, -0.15) is 0 Å². The fourth-order valence-corrected chi connectivity index (χ4v) is 5.65. The molecule has 0 radical (unpaired) electrons. The number of aliphatic hydroxyl groups excluding tert-OH is 1. The van der Waals surface area contributed by atoms with E-state index in [0.717, 1.165) is 42.5 Å². The van der Waals surface area contributed by atoms with Crippen molar-refractivity contribution in [3.63, 3.8) is 0 Å². The number of methoxy groups -OCH3 is 1. The zero-order valence-electron chi connectivity index (χ0n) is 20.1. The highest BCUT2D eigenvalue weighted by Crippen LogP contribution is 2.43. The Kier molecular flexibility index (Phi) is 8.00. The second kappa shape index (κ2) is 11.1. The molecule has 0 saturated carbocycles. The van der Waals surface area contributed by atoms with E-state index >= 15 is 0 Å². The molecule has 2 heterocycles. The van der Waals surface area contributed by atoms with Gasteiger partial charge in [0.25, 0.3) is 5.91 Å². The van der Waals surface area contributed by atoms with Gasteiger partial charge >= 0.3 is 0 Å². The lowest BCUT2D eigenvalue weighted by molar-refractivity contribution is 0.0944. The Labute approximate surface area is 205 Å². The number of hydrogen-bond donors (Lipinski definition) is 2. The Bertz CT molecular complexity index is 1090. The summed E-state index contributed by atoms with van der Waals surface area (Å²) in [6, 6.07) is 17.6. The summed E-state index contributed by atoms with van der Waals surface area (Å²) in [7, 11) is 1.68. The molecule has 1 aliphatic heterocycles. The third kappa shape index (κ3) is 5.33. The molecule has 1 fully saturated rings. The molecule has 1 atom stereocenters. The van der Waals surface area contributed by atoms with Crippen LogP contribution in [0.5, 0.6) is 5.75 Å². The van der Waals surface area contributed by atoms with E-state index in [9.17, 15) is 9.90 Å². The summed E-state index contributed by atoms with van der Waals surface area (Å²) < 4.78 is 5.40. The molecule has 1 saturated heterocycles. The van der Waals surface area contributed by atoms with Crippen LogP contribution in [-0.2, 0) is 0 Å². The number of nitrogens with one attached hydrogen (secondary N) is 1. The molecular formula is C27H33N3O3S. The highest BCUT2D eigenvalue weighted by Gasteiger charge is 2.31. The summed E-state index contributed by atoms with van der Waals surface area (Å²) >= 11 is 1.64. The number of rotatable bonds is 8. The molecular weight excluding hydrogens is 446 g/mol. The van der Waals surface area contributed by atoms with Crippen molar-refractivity contribution in [2.24, 2.45) is 0 Å². The fraction of sp³-hybridized carbons (Fsp3) is 0.370. The van der Waals surface area contributed by atoms with Crippen LogP contribution in [0.4, 0.5) is 5.00 Å². The summed E-state index contributed by atoms with van der Waals surface area (Å²) in [5.41, 5.74) is 4.20. The number of benzene rings is 2. The summed E-state index contributed by atoms with van der Waals surface area (Å²) in [4.78, 5) is 19.0. The van der Waals surface area contributed by atoms with Crippen LogP contribution in [-0.4, -0.2) is 67.3 Å². The first-order valence-electron chi connectivity index (χ1n) is 11.7. The van der Waals surface area contributed by atoms with Gasteiger partial charge in [0.1, 0.15) is 10.8 Å². The van der Waals surface area contributed by atoms with Crippen LogP contribution in [0.1, 0.15) is 38.0 Å². The number of carbonyl (C=O) groups is 1. The molecule has 34 heavy (non-hydrogen) atoms. The highest BCUT2D eigenvalue weighted by molar-refractivity contribution is 7.16. The molecule has 1 aromatic heterocycles. The largest absolute Gasteiger partial charge is 0.497 e. The van der Waals surface area contributed by atoms with Crippen molar-refractivity contribution in [3.05, 3.63) is 81.7 Å². The number of aliphatic hydroxyl groups is 1. The van der Waals surface area contributed by atoms with Gasteiger partial charge in [0.05, 0.1) is 19.8 Å². The average molecular weight is 480 g/mol. The Balaban J connectivity index is 1.71. The van der Waals surface area contributed by atoms with Gasteiger partial charge in [-0.05, 0) is 49.2 Å². The molecule has 3 aromatic rings. The van der Waals surface area contributed by atoms with E-state index < -0.39 is 0 Å². The molecule has 1 amide bonds. The minimum Gasteiger partial charge on any atom is -0.497 e. The number of thiophene rings is 1. The number of anilines is 1. The first kappa shape index (κ1) is 24.4. The van der Waals surface area contributed by atoms with Crippen LogP contribution in [0.2, 0.25) is 0 Å². The summed E-state index contributed by atoms with van der Waals surface area (Å²) in [6.07, 6.45) is 0. The maximum absolute atomic E-state index is 13.1. The van der Waals surface area contributed by atoms with Gasteiger partial charge in [-0.15, -0.1) is 11.3 Å². The quantitative estimate of drug-likeness (QED) is 0.504. The number of aryl methyl sites for hydroxylation is 1. The average Bonchev–Trinajstić information content (AvgIpc) is 3.14. The first-order valence-corrected chi connectivity index (χ1v) is 12.5. The van der Waals surface area contributed by atoms with Gasteiger partial charge in [-0.25, -0.2) is 0 Å². The van der Waals surface area contributed by atoms with E-state index in [2.05, 4.69) is 41.1 Å². The topological polar surface area (TPSA) is 65.0 Å². The molecule has 0 bridgehead atoms. The van der Waals surface area contributed by atoms with E-state index in [-0.39, 0.29) is 18.6 Å². The minimum absolute atomic E-state index is 0.0122. The predicted molar refractivity (Wildman–Crippen MR) is 138 cm³/mol. The third-order valence-corrected chi connectivity index (χ3v) is 7.73. The van der Waals surface area contributed by atoms with E-state index in [1.165, 1.54) is 16.0 Å². The van der Waals surface area contributed by atoms with Crippen molar-refractivity contribution in [2.75, 3.05) is 51.8 Å². The maximum Gasteiger partial charge on any atom is 0.256 e. The van der Waals surface area contributed by atoms with Gasteiger partial charge in [-0.3, -0.25) is 14.6 Å². The number of hydrogen-bond acceptors (Lipinski definition) is 6. The summed E-state index contributed by atoms with van der Waals surface area (Å²) in [5, 5.41) is 13.5. The van der Waals surface area contributed by atoms with Crippen LogP contribution in [0.25, 0.3) is 0 Å². The Morgan fingerprint density at radius 2 is 1.74 bits per heavy atom. The van der Waals surface area contributed by atoms with Crippen molar-refractivity contribution in [3.8, 4) is 5.75 Å². The fourth-order valence-electron chi connectivity index (χ4n) is 4.56. The van der Waals surface area contributed by atoms with Crippen LogP contribution in [0.15, 0.2) is 54.6 Å². The van der Waals surface area contributed by atoms with Crippen molar-refractivity contribution in [1.29, 1.82) is 0 Å². The van der Waals surface area contributed by atoms with Crippen molar-refractivity contribution >= 4 is 22.2 Å². The first-order chi connectivity index (χ1) is 16.5. The van der Waals surface area contributed by atoms with E-state index in [1.54, 1.807) is 18.4 Å². The molecule has 2 aromatic carbocycles. The molecule has 6 nitrogen and oxygen atoms in total. The van der Waals surface area contributed by atoms with Crippen LogP contribution < -0.4 is 10.1 Å². The molecule has 0 aliphatic carbocycles. The lowest BCUT2D eigenvalue weighted by Crippen LogP contribution is -2.48. The van der Waals surface area contributed by atoms with Gasteiger partial charge < -0.3 is 15.2 Å². The molecule has 2 N–H and O–H groups in total. The summed E-state index contributed by atoms with van der Waals surface area (Å²) in [5.74, 6) is 0.732. The van der Waals surface area contributed by atoms with Crippen LogP contribution in [0.3, 0.4) is 0 Å². The standard InChI is InChI=1S/C27H33N3O3S/c1-19-20(2)34-27(28-26(32)22-7-5-4-6-8-22)24(19)25(21-9-11-23(33-3)12-10-21)30-15-13-29(14-16-30)17-18-31/h4-12,25,31H,13-18H2,1-3H3,(H,28,32). The smallest absolute Gasteiger partial charge is 0.256 e. The van der Waals surface area contributed by atoms with Crippen molar-refractivity contribution < 1.29 is 14.6 Å². The van der Waals surface area contributed by atoms with Gasteiger partial charge in [0.2, 0.25) is 0 Å². The van der Waals surface area contributed by atoms with E-state index in [0.29, 0.717) is 12.1 Å². The number of nitrogens with zero attached hydrogens (tertiary/aromatic N) is 2. The minimum atomic E-state index is -0.0932. The van der Waals surface area contributed by atoms with Gasteiger partial charge in [-0.1, -0.05) is 30.3 Å². The number of carbonyl (C=O) groups excluding carboxylic acids is 1. The van der Waals surface area contributed by atoms with Crippen LogP contribution >= 0.6 is 11.3 Å². The summed E-state index contributed by atoms with van der Waals surface area (Å²) in [6.45, 7) is 8.73. The molecule has 180 valence electrons. The predicted octanol–water partition coefficient (Wildman–Crippen LogP) is 4.33. The molecule has 1 unspecified atom stereocenters. The lowest BCUT2D eigenvalue weighted by atomic mass is 9.94. The normalized spacial score (nSPS) is 15.8. The Hall–Kier alpha value is -2.71. The van der Waals surface area contributed by atoms with E-state index in [1.807, 2.05) is 42.5 Å². The zero-order valence-corrected chi connectivity index (χ0v) is 20.9. The van der Waals surface area contributed by atoms with Gasteiger partial charge in [0.15, 0.2) is 0 Å². The number of amides is 1. The Morgan fingerprint density at radius 3 is 2.35 bits per heavy atom. The molecule has 1 aliphatic rings. The molecule has 4 rings (SSSR count). The van der Waals surface area contributed by atoms with Gasteiger partial charge in [0, 0.05) is 48.7 Å². The lowest BCUT2D eigenvalue weighted by Gasteiger charge is -2.40. The van der Waals surface area contributed by atoms with Crippen LogP contribution in [0, 0.1) is 13.8 Å². The second-order valence-electron chi connectivity index (χ2n) is 8.62.